The first kappa shape index (κ1) is 23.2. The van der Waals surface area contributed by atoms with Crippen LogP contribution >= 0.6 is 11.8 Å². The number of aryl methyl sites for hydroxylation is 2. The summed E-state index contributed by atoms with van der Waals surface area (Å²) in [6.07, 6.45) is 1.92. The highest BCUT2D eigenvalue weighted by molar-refractivity contribution is 7.98. The van der Waals surface area contributed by atoms with Gasteiger partial charge < -0.3 is 4.74 Å². The number of aromatic nitrogens is 4. The van der Waals surface area contributed by atoms with Crippen LogP contribution in [0.1, 0.15) is 17.0 Å². The number of fused-ring (bicyclic) bond motifs is 1. The van der Waals surface area contributed by atoms with E-state index in [4.69, 9.17) is 4.74 Å². The zero-order valence-corrected chi connectivity index (χ0v) is 19.8. The second-order valence-electron chi connectivity index (χ2n) is 7.50. The van der Waals surface area contributed by atoms with E-state index in [1.165, 1.54) is 11.8 Å². The van der Waals surface area contributed by atoms with Crippen LogP contribution in [-0.4, -0.2) is 44.3 Å². The Kier molecular flexibility index (Phi) is 7.07. The number of amides is 2. The average Bonchev–Trinajstić information content (AvgIpc) is 3.28. The molecule has 0 spiro atoms. The number of thioether (sulfide) groups is 1. The minimum absolute atomic E-state index is 0.0348. The van der Waals surface area contributed by atoms with E-state index >= 15 is 0 Å². The number of rotatable bonds is 7. The number of benzene rings is 2. The number of para-hydroxylation sites is 1. The average molecular weight is 477 g/mol. The molecule has 0 aliphatic heterocycles. The lowest BCUT2D eigenvalue weighted by Gasteiger charge is -2.13. The van der Waals surface area contributed by atoms with E-state index < -0.39 is 5.91 Å². The first-order valence-corrected chi connectivity index (χ1v) is 11.8. The van der Waals surface area contributed by atoms with Crippen molar-refractivity contribution < 1.29 is 14.3 Å². The maximum Gasteiger partial charge on any atom is 0.276 e. The second kappa shape index (κ2) is 10.3. The topological polar surface area (TPSA) is 111 Å². The SMILES string of the molecule is CSc1nc2nc(C)c(CC(=O)NNC(=O)COc3ccccc3-c3ccccc3)c(C)n2n1. The lowest BCUT2D eigenvalue weighted by atomic mass is 10.1. The van der Waals surface area contributed by atoms with Crippen LogP contribution in [0.15, 0.2) is 59.8 Å². The molecule has 2 N–H and O–H groups in total. The third-order valence-electron chi connectivity index (χ3n) is 5.22. The van der Waals surface area contributed by atoms with Crippen molar-refractivity contribution in [1.29, 1.82) is 0 Å². The van der Waals surface area contributed by atoms with Crippen LogP contribution in [0.3, 0.4) is 0 Å². The van der Waals surface area contributed by atoms with Gasteiger partial charge in [0.2, 0.25) is 11.1 Å². The Morgan fingerprint density at radius 2 is 1.68 bits per heavy atom. The van der Waals surface area contributed by atoms with Crippen molar-refractivity contribution in [3.8, 4) is 16.9 Å². The van der Waals surface area contributed by atoms with Gasteiger partial charge in [0, 0.05) is 22.5 Å². The molecule has 0 aliphatic carbocycles. The summed E-state index contributed by atoms with van der Waals surface area (Å²) in [7, 11) is 0. The number of ether oxygens (including phenoxy) is 1. The Labute approximate surface area is 200 Å². The van der Waals surface area contributed by atoms with E-state index in [1.54, 1.807) is 10.6 Å². The largest absolute Gasteiger partial charge is 0.483 e. The van der Waals surface area contributed by atoms with Gasteiger partial charge in [-0.2, -0.15) is 4.98 Å². The van der Waals surface area contributed by atoms with Crippen molar-refractivity contribution in [3.63, 3.8) is 0 Å². The minimum Gasteiger partial charge on any atom is -0.483 e. The highest BCUT2D eigenvalue weighted by Gasteiger charge is 2.16. The van der Waals surface area contributed by atoms with Crippen molar-refractivity contribution >= 4 is 29.4 Å². The molecule has 9 nitrogen and oxygen atoms in total. The molecule has 0 radical (unpaired) electrons. The van der Waals surface area contributed by atoms with Crippen LogP contribution in [0.4, 0.5) is 0 Å². The van der Waals surface area contributed by atoms with Gasteiger partial charge in [-0.1, -0.05) is 60.3 Å². The van der Waals surface area contributed by atoms with Gasteiger partial charge in [0.15, 0.2) is 6.61 Å². The molecule has 0 aliphatic rings. The highest BCUT2D eigenvalue weighted by Crippen LogP contribution is 2.29. The molecule has 0 saturated heterocycles. The van der Waals surface area contributed by atoms with Crippen molar-refractivity contribution in [1.82, 2.24) is 30.4 Å². The lowest BCUT2D eigenvalue weighted by molar-refractivity contribution is -0.129. The van der Waals surface area contributed by atoms with Crippen LogP contribution < -0.4 is 15.6 Å². The van der Waals surface area contributed by atoms with Crippen LogP contribution in [0, 0.1) is 13.8 Å². The summed E-state index contributed by atoms with van der Waals surface area (Å²) >= 11 is 1.42. The normalized spacial score (nSPS) is 10.8. The Balaban J connectivity index is 1.34. The smallest absolute Gasteiger partial charge is 0.276 e. The first-order valence-electron chi connectivity index (χ1n) is 10.6. The molecule has 0 unspecified atom stereocenters. The fourth-order valence-electron chi connectivity index (χ4n) is 3.50. The van der Waals surface area contributed by atoms with E-state index in [0.717, 1.165) is 22.4 Å². The summed E-state index contributed by atoms with van der Waals surface area (Å²) in [6.45, 7) is 3.44. The molecular formula is C24H24N6O3S. The molecule has 34 heavy (non-hydrogen) atoms. The van der Waals surface area contributed by atoms with Gasteiger partial charge in [0.05, 0.1) is 6.42 Å². The van der Waals surface area contributed by atoms with E-state index in [0.29, 0.717) is 22.4 Å². The lowest BCUT2D eigenvalue weighted by Crippen LogP contribution is -2.44. The van der Waals surface area contributed by atoms with E-state index in [2.05, 4.69) is 25.9 Å². The van der Waals surface area contributed by atoms with Crippen LogP contribution in [0.25, 0.3) is 16.9 Å². The van der Waals surface area contributed by atoms with Gasteiger partial charge in [0.1, 0.15) is 5.75 Å². The number of carbonyl (C=O) groups excluding carboxylic acids is 2. The van der Waals surface area contributed by atoms with Gasteiger partial charge in [0.25, 0.3) is 11.7 Å². The standard InChI is InChI=1S/C24H24N6O3S/c1-15-19(16(2)30-23(25-15)26-24(29-30)34-3)13-21(31)27-28-22(32)14-33-20-12-8-7-11-18(20)17-9-5-4-6-10-17/h4-12H,13-14H2,1-3H3,(H,27,31)(H,28,32). The molecule has 0 fully saturated rings. The molecule has 4 rings (SSSR count). The number of nitrogens with zero attached hydrogens (tertiary/aromatic N) is 4. The maximum atomic E-state index is 12.5. The zero-order chi connectivity index (χ0) is 24.1. The number of hydrogen-bond donors (Lipinski definition) is 2. The van der Waals surface area contributed by atoms with Crippen LogP contribution in [-0.2, 0) is 16.0 Å². The van der Waals surface area contributed by atoms with Gasteiger partial charge in [-0.05, 0) is 31.7 Å². The van der Waals surface area contributed by atoms with Crippen molar-refractivity contribution in [2.75, 3.05) is 12.9 Å². The van der Waals surface area contributed by atoms with Crippen LogP contribution in [0.2, 0.25) is 0 Å². The molecule has 2 heterocycles. The van der Waals surface area contributed by atoms with Gasteiger partial charge in [-0.25, -0.2) is 9.50 Å². The van der Waals surface area contributed by atoms with Crippen molar-refractivity contribution in [3.05, 3.63) is 71.5 Å². The molecule has 0 bridgehead atoms. The molecule has 0 atom stereocenters. The summed E-state index contributed by atoms with van der Waals surface area (Å²) in [4.78, 5) is 33.5. The zero-order valence-electron chi connectivity index (χ0n) is 19.0. The Morgan fingerprint density at radius 1 is 0.971 bits per heavy atom. The third-order valence-corrected chi connectivity index (χ3v) is 5.76. The first-order chi connectivity index (χ1) is 16.5. The Morgan fingerprint density at radius 3 is 2.44 bits per heavy atom. The van der Waals surface area contributed by atoms with Gasteiger partial charge >= 0.3 is 0 Å². The molecule has 4 aromatic rings. The molecule has 0 saturated carbocycles. The summed E-state index contributed by atoms with van der Waals surface area (Å²) in [5.74, 6) is 0.220. The second-order valence-corrected chi connectivity index (χ2v) is 8.27. The third kappa shape index (κ3) is 5.18. The molecule has 10 heteroatoms. The summed E-state index contributed by atoms with van der Waals surface area (Å²) < 4.78 is 7.33. The molecule has 174 valence electrons. The summed E-state index contributed by atoms with van der Waals surface area (Å²) in [5, 5.41) is 4.99. The fourth-order valence-corrected chi connectivity index (χ4v) is 3.84. The molecular weight excluding hydrogens is 452 g/mol. The van der Waals surface area contributed by atoms with E-state index in [9.17, 15) is 9.59 Å². The van der Waals surface area contributed by atoms with E-state index in [-0.39, 0.29) is 18.9 Å². The number of hydrazine groups is 1. The van der Waals surface area contributed by atoms with E-state index in [1.807, 2.05) is 68.6 Å². The highest BCUT2D eigenvalue weighted by atomic mass is 32.2. The van der Waals surface area contributed by atoms with Gasteiger partial charge in [-0.15, -0.1) is 5.10 Å². The van der Waals surface area contributed by atoms with Gasteiger partial charge in [-0.3, -0.25) is 20.4 Å². The monoisotopic (exact) mass is 476 g/mol. The predicted octanol–water partition coefficient (Wildman–Crippen LogP) is 2.90. The summed E-state index contributed by atoms with van der Waals surface area (Å²) in [5.41, 5.74) is 8.89. The fraction of sp³-hybridized carbons (Fsp3) is 0.208. The number of hydrogen-bond acceptors (Lipinski definition) is 7. The quantitative estimate of drug-likeness (QED) is 0.312. The van der Waals surface area contributed by atoms with Crippen molar-refractivity contribution in [2.24, 2.45) is 0 Å². The van der Waals surface area contributed by atoms with Crippen molar-refractivity contribution in [2.45, 2.75) is 25.4 Å². The molecule has 2 aromatic heterocycles. The Hall–Kier alpha value is -3.92. The minimum atomic E-state index is -0.473. The molecule has 2 amide bonds. The maximum absolute atomic E-state index is 12.5. The van der Waals surface area contributed by atoms with Crippen LogP contribution in [0.5, 0.6) is 5.75 Å². The molecule has 2 aromatic carbocycles. The number of nitrogens with one attached hydrogen (secondary N) is 2. The summed E-state index contributed by atoms with van der Waals surface area (Å²) in [6, 6.07) is 17.2. The Bertz CT molecular complexity index is 1340. The number of carbonyl (C=O) groups is 2. The predicted molar refractivity (Wildman–Crippen MR) is 129 cm³/mol.